The Labute approximate surface area is 193 Å². The maximum absolute atomic E-state index is 11.3. The number of nitro benzene ring substituents is 1. The molecule has 0 saturated heterocycles. The summed E-state index contributed by atoms with van der Waals surface area (Å²) in [6, 6.07) is 16.5. The summed E-state index contributed by atoms with van der Waals surface area (Å²) in [7, 11) is 3.18. The van der Waals surface area contributed by atoms with Gasteiger partial charge in [0.05, 0.1) is 19.1 Å². The molecular weight excluding hydrogens is 420 g/mol. The summed E-state index contributed by atoms with van der Waals surface area (Å²) in [6.07, 6.45) is 2.29. The number of fused-ring (bicyclic) bond motifs is 1. The molecule has 1 N–H and O–H groups in total. The van der Waals surface area contributed by atoms with Crippen LogP contribution < -0.4 is 9.47 Å². The minimum absolute atomic E-state index is 0.113. The molecule has 7 nitrogen and oxygen atoms in total. The second-order valence-corrected chi connectivity index (χ2v) is 8.16. The highest BCUT2D eigenvalue weighted by Crippen LogP contribution is 2.46. The first-order chi connectivity index (χ1) is 16.0. The molecule has 0 amide bonds. The van der Waals surface area contributed by atoms with E-state index in [1.165, 1.54) is 0 Å². The molecule has 0 aromatic heterocycles. The first kappa shape index (κ1) is 22.6. The number of benzene rings is 3. The number of phenolic OH excluding ortho intramolecular Hbond substituents is 1. The molecule has 0 fully saturated rings. The summed E-state index contributed by atoms with van der Waals surface area (Å²) in [5, 5.41) is 22.3. The van der Waals surface area contributed by atoms with Crippen LogP contribution in [0.3, 0.4) is 0 Å². The van der Waals surface area contributed by atoms with Crippen molar-refractivity contribution in [2.45, 2.75) is 25.8 Å². The average molecular weight is 449 g/mol. The zero-order chi connectivity index (χ0) is 23.4. The van der Waals surface area contributed by atoms with Crippen LogP contribution >= 0.6 is 0 Å². The molecule has 1 heterocycles. The highest BCUT2D eigenvalue weighted by molar-refractivity contribution is 5.82. The molecule has 0 spiro atoms. The first-order valence-electron chi connectivity index (χ1n) is 11.0. The molecule has 0 unspecified atom stereocenters. The van der Waals surface area contributed by atoms with E-state index in [1.54, 1.807) is 26.4 Å². The lowest BCUT2D eigenvalue weighted by molar-refractivity contribution is -0.385. The number of methoxy groups -OCH3 is 2. The fourth-order valence-corrected chi connectivity index (χ4v) is 4.61. The predicted octanol–water partition coefficient (Wildman–Crippen LogP) is 4.98. The second-order valence-electron chi connectivity index (χ2n) is 8.16. The standard InChI is InChI=1S/C26H28N2O5/c1-32-23-12-6-4-10-20(23)25-21-17-27(15-13-19(21)16-24(33-2)26(25)29)14-7-9-18-8-3-5-11-22(18)28(30)31/h3-6,8,10-12,16,29H,7,9,13-15,17H2,1-2H3. The van der Waals surface area contributed by atoms with E-state index in [2.05, 4.69) is 4.90 Å². The quantitative estimate of drug-likeness (QED) is 0.387. The van der Waals surface area contributed by atoms with Crippen LogP contribution in [-0.2, 0) is 19.4 Å². The molecule has 3 aromatic rings. The number of rotatable bonds is 8. The van der Waals surface area contributed by atoms with E-state index < -0.39 is 0 Å². The lowest BCUT2D eigenvalue weighted by Gasteiger charge is -2.31. The zero-order valence-electron chi connectivity index (χ0n) is 18.9. The van der Waals surface area contributed by atoms with Gasteiger partial charge in [0.25, 0.3) is 5.69 Å². The molecule has 4 rings (SSSR count). The number of aryl methyl sites for hydroxylation is 1. The van der Waals surface area contributed by atoms with Crippen LogP contribution in [0.2, 0.25) is 0 Å². The fourth-order valence-electron chi connectivity index (χ4n) is 4.61. The van der Waals surface area contributed by atoms with Crippen molar-refractivity contribution in [2.75, 3.05) is 27.3 Å². The van der Waals surface area contributed by atoms with E-state index in [0.717, 1.165) is 53.7 Å². The Morgan fingerprint density at radius 2 is 1.79 bits per heavy atom. The van der Waals surface area contributed by atoms with Gasteiger partial charge in [-0.15, -0.1) is 0 Å². The lowest BCUT2D eigenvalue weighted by Crippen LogP contribution is -2.32. The molecule has 0 aliphatic carbocycles. The van der Waals surface area contributed by atoms with Crippen LogP contribution in [0, 0.1) is 10.1 Å². The Hall–Kier alpha value is -3.58. The number of aromatic hydroxyl groups is 1. The topological polar surface area (TPSA) is 85.1 Å². The van der Waals surface area contributed by atoms with Crippen LogP contribution in [0.4, 0.5) is 5.69 Å². The number of nitrogens with zero attached hydrogens (tertiary/aromatic N) is 2. The Morgan fingerprint density at radius 1 is 1.06 bits per heavy atom. The van der Waals surface area contributed by atoms with Gasteiger partial charge >= 0.3 is 0 Å². The summed E-state index contributed by atoms with van der Waals surface area (Å²) >= 11 is 0. The third-order valence-electron chi connectivity index (χ3n) is 6.25. The molecule has 0 radical (unpaired) electrons. The third kappa shape index (κ3) is 4.64. The van der Waals surface area contributed by atoms with Gasteiger partial charge in [-0.2, -0.15) is 0 Å². The number of phenols is 1. The maximum Gasteiger partial charge on any atom is 0.272 e. The van der Waals surface area contributed by atoms with E-state index in [4.69, 9.17) is 9.47 Å². The molecule has 1 aliphatic heterocycles. The van der Waals surface area contributed by atoms with Crippen LogP contribution in [0.5, 0.6) is 17.2 Å². The van der Waals surface area contributed by atoms with Crippen molar-refractivity contribution in [3.05, 3.63) is 81.4 Å². The Morgan fingerprint density at radius 3 is 2.55 bits per heavy atom. The van der Waals surface area contributed by atoms with Crippen molar-refractivity contribution < 1.29 is 19.5 Å². The van der Waals surface area contributed by atoms with Gasteiger partial charge in [-0.3, -0.25) is 15.0 Å². The minimum atomic E-state index is -0.317. The SMILES string of the molecule is COc1ccccc1-c1c(O)c(OC)cc2c1CN(CCCc1ccccc1[N+](=O)[O-])CC2. The average Bonchev–Trinajstić information content (AvgIpc) is 2.84. The normalized spacial score (nSPS) is 13.4. The number of nitro groups is 1. The maximum atomic E-state index is 11.3. The van der Waals surface area contributed by atoms with Gasteiger partial charge in [0, 0.05) is 35.8 Å². The Kier molecular flexibility index (Phi) is 6.79. The van der Waals surface area contributed by atoms with E-state index in [1.807, 2.05) is 42.5 Å². The van der Waals surface area contributed by atoms with Crippen LogP contribution in [0.1, 0.15) is 23.1 Å². The van der Waals surface area contributed by atoms with E-state index in [-0.39, 0.29) is 16.4 Å². The van der Waals surface area contributed by atoms with Gasteiger partial charge in [0.1, 0.15) is 5.75 Å². The molecule has 33 heavy (non-hydrogen) atoms. The van der Waals surface area contributed by atoms with Gasteiger partial charge in [0.2, 0.25) is 0 Å². The summed E-state index contributed by atoms with van der Waals surface area (Å²) in [5.41, 5.74) is 4.73. The summed E-state index contributed by atoms with van der Waals surface area (Å²) in [5.74, 6) is 1.26. The molecule has 1 aliphatic rings. The number of ether oxygens (including phenoxy) is 2. The molecular formula is C26H28N2O5. The predicted molar refractivity (Wildman–Crippen MR) is 127 cm³/mol. The van der Waals surface area contributed by atoms with Gasteiger partial charge in [-0.1, -0.05) is 36.4 Å². The van der Waals surface area contributed by atoms with Crippen molar-refractivity contribution in [2.24, 2.45) is 0 Å². The fraction of sp³-hybridized carbons (Fsp3) is 0.308. The highest BCUT2D eigenvalue weighted by Gasteiger charge is 2.26. The van der Waals surface area contributed by atoms with E-state index in [9.17, 15) is 15.2 Å². The minimum Gasteiger partial charge on any atom is -0.504 e. The van der Waals surface area contributed by atoms with Crippen LogP contribution in [0.15, 0.2) is 54.6 Å². The van der Waals surface area contributed by atoms with Gasteiger partial charge in [-0.05, 0) is 49.1 Å². The van der Waals surface area contributed by atoms with Gasteiger partial charge in [-0.25, -0.2) is 0 Å². The number of hydrogen-bond donors (Lipinski definition) is 1. The molecule has 0 atom stereocenters. The van der Waals surface area contributed by atoms with Crippen molar-refractivity contribution >= 4 is 5.69 Å². The van der Waals surface area contributed by atoms with Crippen molar-refractivity contribution in [1.82, 2.24) is 4.90 Å². The highest BCUT2D eigenvalue weighted by atomic mass is 16.6. The van der Waals surface area contributed by atoms with Crippen molar-refractivity contribution in [1.29, 1.82) is 0 Å². The smallest absolute Gasteiger partial charge is 0.272 e. The molecule has 0 bridgehead atoms. The molecule has 0 saturated carbocycles. The van der Waals surface area contributed by atoms with E-state index in [0.29, 0.717) is 24.5 Å². The summed E-state index contributed by atoms with van der Waals surface area (Å²) in [6.45, 7) is 2.37. The largest absolute Gasteiger partial charge is 0.504 e. The van der Waals surface area contributed by atoms with Crippen LogP contribution in [-0.4, -0.2) is 42.2 Å². The van der Waals surface area contributed by atoms with Gasteiger partial charge in [0.15, 0.2) is 11.5 Å². The summed E-state index contributed by atoms with van der Waals surface area (Å²) < 4.78 is 11.0. The number of para-hydroxylation sites is 2. The van der Waals surface area contributed by atoms with Crippen LogP contribution in [0.25, 0.3) is 11.1 Å². The van der Waals surface area contributed by atoms with E-state index >= 15 is 0 Å². The Balaban J connectivity index is 1.58. The second kappa shape index (κ2) is 9.92. The zero-order valence-corrected chi connectivity index (χ0v) is 18.9. The van der Waals surface area contributed by atoms with Crippen molar-refractivity contribution in [3.8, 4) is 28.4 Å². The van der Waals surface area contributed by atoms with Gasteiger partial charge < -0.3 is 14.6 Å². The lowest BCUT2D eigenvalue weighted by atomic mass is 9.89. The molecule has 3 aromatic carbocycles. The summed E-state index contributed by atoms with van der Waals surface area (Å²) in [4.78, 5) is 13.3. The Bertz CT molecular complexity index is 1160. The first-order valence-corrected chi connectivity index (χ1v) is 11.0. The third-order valence-corrected chi connectivity index (χ3v) is 6.25. The van der Waals surface area contributed by atoms with Crippen molar-refractivity contribution in [3.63, 3.8) is 0 Å². The molecule has 172 valence electrons. The number of hydrogen-bond acceptors (Lipinski definition) is 6. The monoisotopic (exact) mass is 448 g/mol. The molecule has 7 heteroatoms.